The fraction of sp³-hybridized carbons (Fsp3) is 0.611. The van der Waals surface area contributed by atoms with Crippen LogP contribution < -0.4 is 15.0 Å². The molecule has 0 aromatic heterocycles. The van der Waals surface area contributed by atoms with Gasteiger partial charge in [0.15, 0.2) is 0 Å². The van der Waals surface area contributed by atoms with Gasteiger partial charge in [0, 0.05) is 38.6 Å². The number of nitrogens with one attached hydrogen (secondary N) is 1. The minimum atomic E-state index is -3.42. The van der Waals surface area contributed by atoms with Gasteiger partial charge in [-0.1, -0.05) is 12.1 Å². The number of rotatable bonds is 8. The van der Waals surface area contributed by atoms with Crippen LogP contribution in [0, 0.1) is 5.41 Å². The fourth-order valence-electron chi connectivity index (χ4n) is 2.82. The summed E-state index contributed by atoms with van der Waals surface area (Å²) in [5, 5.41) is 2.66. The molecule has 27 heavy (non-hydrogen) atoms. The molecule has 0 aliphatic carbocycles. The fourth-order valence-corrected chi connectivity index (χ4v) is 4.28. The highest BCUT2D eigenvalue weighted by Crippen LogP contribution is 2.28. The van der Waals surface area contributed by atoms with Gasteiger partial charge < -0.3 is 15.0 Å². The van der Waals surface area contributed by atoms with E-state index in [0.717, 1.165) is 11.4 Å². The zero-order chi connectivity index (χ0) is 20.1. The summed E-state index contributed by atoms with van der Waals surface area (Å²) in [5.41, 5.74) is 0.249. The normalized spacial score (nSPS) is 16.2. The summed E-state index contributed by atoms with van der Waals surface area (Å²) in [6.07, 6.45) is 0. The van der Waals surface area contributed by atoms with E-state index in [1.54, 1.807) is 21.0 Å². The summed E-state index contributed by atoms with van der Waals surface area (Å²) in [6.45, 7) is 5.51. The van der Waals surface area contributed by atoms with Crippen LogP contribution in [-0.2, 0) is 14.8 Å². The molecule has 1 N–H and O–H groups in total. The Labute approximate surface area is 166 Å². The molecule has 0 radical (unpaired) electrons. The average Bonchev–Trinajstić information content (AvgIpc) is 2.67. The summed E-state index contributed by atoms with van der Waals surface area (Å²) in [4.78, 5) is 14.1. The standard InChI is InChI=1S/C18H28ClN3O4S/c1-18(2,14-19)17(23)20-8-13-27(24,25)22-11-9-21(10-12-22)15-6-4-5-7-16(15)26-3/h4-7H,8-14H2,1-3H3,(H,20,23). The third-order valence-corrected chi connectivity index (χ3v) is 7.19. The molecule has 1 aromatic rings. The van der Waals surface area contributed by atoms with Crippen LogP contribution in [0.2, 0.25) is 0 Å². The number of halogens is 1. The molecular formula is C18H28ClN3O4S. The number of amides is 1. The molecule has 152 valence electrons. The molecule has 1 saturated heterocycles. The Morgan fingerprint density at radius 2 is 1.85 bits per heavy atom. The van der Waals surface area contributed by atoms with E-state index in [1.165, 1.54) is 4.31 Å². The SMILES string of the molecule is COc1ccccc1N1CCN(S(=O)(=O)CCNC(=O)C(C)(C)CCl)CC1. The summed E-state index contributed by atoms with van der Waals surface area (Å²) in [5.74, 6) is 0.592. The van der Waals surface area contributed by atoms with Crippen LogP contribution in [0.25, 0.3) is 0 Å². The number of hydrogen-bond acceptors (Lipinski definition) is 5. The molecule has 9 heteroatoms. The second-order valence-electron chi connectivity index (χ2n) is 7.15. The number of nitrogens with zero attached hydrogens (tertiary/aromatic N) is 2. The molecule has 1 aliphatic heterocycles. The Balaban J connectivity index is 1.88. The van der Waals surface area contributed by atoms with Crippen LogP contribution in [0.3, 0.4) is 0 Å². The first-order valence-electron chi connectivity index (χ1n) is 8.91. The van der Waals surface area contributed by atoms with E-state index in [-0.39, 0.29) is 24.1 Å². The lowest BCUT2D eigenvalue weighted by Gasteiger charge is -2.36. The third kappa shape index (κ3) is 5.49. The molecule has 1 aliphatic rings. The molecule has 0 saturated carbocycles. The van der Waals surface area contributed by atoms with Crippen molar-refractivity contribution in [2.45, 2.75) is 13.8 Å². The van der Waals surface area contributed by atoms with Gasteiger partial charge in [-0.25, -0.2) is 8.42 Å². The van der Waals surface area contributed by atoms with Crippen molar-refractivity contribution in [3.05, 3.63) is 24.3 Å². The maximum absolute atomic E-state index is 12.6. The van der Waals surface area contributed by atoms with E-state index in [1.807, 2.05) is 24.3 Å². The number of carbonyl (C=O) groups is 1. The number of benzene rings is 1. The highest BCUT2D eigenvalue weighted by atomic mass is 35.5. The molecule has 0 spiro atoms. The number of anilines is 1. The lowest BCUT2D eigenvalue weighted by atomic mass is 9.95. The molecule has 0 atom stereocenters. The van der Waals surface area contributed by atoms with Crippen molar-refractivity contribution in [1.29, 1.82) is 0 Å². The largest absolute Gasteiger partial charge is 0.495 e. The minimum absolute atomic E-state index is 0.0776. The summed E-state index contributed by atoms with van der Waals surface area (Å²) in [6, 6.07) is 7.70. The Morgan fingerprint density at radius 3 is 2.44 bits per heavy atom. The highest BCUT2D eigenvalue weighted by Gasteiger charge is 2.29. The zero-order valence-electron chi connectivity index (χ0n) is 16.1. The second-order valence-corrected chi connectivity index (χ2v) is 9.50. The zero-order valence-corrected chi connectivity index (χ0v) is 17.6. The summed E-state index contributed by atoms with van der Waals surface area (Å²) >= 11 is 5.76. The van der Waals surface area contributed by atoms with E-state index in [2.05, 4.69) is 10.2 Å². The van der Waals surface area contributed by atoms with E-state index >= 15 is 0 Å². The number of piperazine rings is 1. The van der Waals surface area contributed by atoms with Crippen LogP contribution in [0.15, 0.2) is 24.3 Å². The summed E-state index contributed by atoms with van der Waals surface area (Å²) in [7, 11) is -1.80. The lowest BCUT2D eigenvalue weighted by molar-refractivity contribution is -0.128. The van der Waals surface area contributed by atoms with Crippen LogP contribution in [0.4, 0.5) is 5.69 Å². The third-order valence-electron chi connectivity index (χ3n) is 4.65. The molecule has 2 rings (SSSR count). The number of methoxy groups -OCH3 is 1. The summed E-state index contributed by atoms with van der Waals surface area (Å²) < 4.78 is 32.0. The van der Waals surface area contributed by atoms with Gasteiger partial charge in [0.2, 0.25) is 15.9 Å². The van der Waals surface area contributed by atoms with Gasteiger partial charge in [0.25, 0.3) is 0 Å². The van der Waals surface area contributed by atoms with Crippen molar-refractivity contribution in [2.24, 2.45) is 5.41 Å². The maximum Gasteiger partial charge on any atom is 0.226 e. The first kappa shape index (κ1) is 21.8. The second kappa shape index (κ2) is 9.12. The Hall–Kier alpha value is -1.51. The molecule has 0 bridgehead atoms. The van der Waals surface area contributed by atoms with Crippen LogP contribution in [0.1, 0.15) is 13.8 Å². The molecule has 1 heterocycles. The van der Waals surface area contributed by atoms with Crippen molar-refractivity contribution >= 4 is 33.2 Å². The monoisotopic (exact) mass is 417 g/mol. The van der Waals surface area contributed by atoms with Crippen molar-refractivity contribution in [3.8, 4) is 5.75 Å². The molecule has 0 unspecified atom stereocenters. The number of sulfonamides is 1. The number of alkyl halides is 1. The van der Waals surface area contributed by atoms with Crippen molar-refractivity contribution in [2.75, 3.05) is 56.4 Å². The Kier molecular flexibility index (Phi) is 7.36. The van der Waals surface area contributed by atoms with E-state index in [9.17, 15) is 13.2 Å². The molecule has 1 aromatic carbocycles. The van der Waals surface area contributed by atoms with Crippen molar-refractivity contribution in [1.82, 2.24) is 9.62 Å². The van der Waals surface area contributed by atoms with E-state index < -0.39 is 15.4 Å². The smallest absolute Gasteiger partial charge is 0.226 e. The van der Waals surface area contributed by atoms with Gasteiger partial charge in [0.05, 0.1) is 24.0 Å². The molecule has 1 amide bonds. The van der Waals surface area contributed by atoms with Gasteiger partial charge in [-0.05, 0) is 26.0 Å². The Bertz CT molecular complexity index is 747. The predicted octanol–water partition coefficient (Wildman–Crippen LogP) is 1.53. The van der Waals surface area contributed by atoms with Crippen LogP contribution >= 0.6 is 11.6 Å². The molecule has 1 fully saturated rings. The van der Waals surface area contributed by atoms with Crippen LogP contribution in [0.5, 0.6) is 5.75 Å². The van der Waals surface area contributed by atoms with Gasteiger partial charge in [-0.3, -0.25) is 4.79 Å². The van der Waals surface area contributed by atoms with Gasteiger partial charge in [-0.15, -0.1) is 11.6 Å². The topological polar surface area (TPSA) is 79.0 Å². The van der Waals surface area contributed by atoms with Crippen LogP contribution in [-0.4, -0.2) is 70.1 Å². The highest BCUT2D eigenvalue weighted by molar-refractivity contribution is 7.89. The predicted molar refractivity (Wildman–Crippen MR) is 108 cm³/mol. The number of para-hydroxylation sites is 2. The van der Waals surface area contributed by atoms with Gasteiger partial charge >= 0.3 is 0 Å². The number of hydrogen-bond donors (Lipinski definition) is 1. The maximum atomic E-state index is 12.6. The number of carbonyl (C=O) groups excluding carboxylic acids is 1. The van der Waals surface area contributed by atoms with E-state index in [4.69, 9.17) is 16.3 Å². The minimum Gasteiger partial charge on any atom is -0.495 e. The molecular weight excluding hydrogens is 390 g/mol. The van der Waals surface area contributed by atoms with Gasteiger partial charge in [-0.2, -0.15) is 4.31 Å². The van der Waals surface area contributed by atoms with Crippen molar-refractivity contribution in [3.63, 3.8) is 0 Å². The average molecular weight is 418 g/mol. The quantitative estimate of drug-likeness (QED) is 0.649. The first-order valence-corrected chi connectivity index (χ1v) is 11.1. The number of ether oxygens (including phenoxy) is 1. The van der Waals surface area contributed by atoms with Crippen molar-refractivity contribution < 1.29 is 17.9 Å². The molecule has 7 nitrogen and oxygen atoms in total. The Morgan fingerprint density at radius 1 is 1.22 bits per heavy atom. The lowest BCUT2D eigenvalue weighted by Crippen LogP contribution is -2.50. The van der Waals surface area contributed by atoms with Gasteiger partial charge in [0.1, 0.15) is 5.75 Å². The van der Waals surface area contributed by atoms with E-state index in [0.29, 0.717) is 26.2 Å². The first-order chi connectivity index (χ1) is 12.7.